The van der Waals surface area contributed by atoms with Crippen LogP contribution >= 0.6 is 0 Å². The van der Waals surface area contributed by atoms with Gasteiger partial charge in [-0.15, -0.1) is 0 Å². The second-order valence-corrected chi connectivity index (χ2v) is 5.81. The van der Waals surface area contributed by atoms with Crippen LogP contribution in [0.4, 0.5) is 0 Å². The Morgan fingerprint density at radius 3 is 2.55 bits per heavy atom. The summed E-state index contributed by atoms with van der Waals surface area (Å²) in [6.07, 6.45) is 5.45. The van der Waals surface area contributed by atoms with E-state index in [0.29, 0.717) is 11.7 Å². The van der Waals surface area contributed by atoms with E-state index in [1.165, 1.54) is 12.0 Å². The molecule has 0 spiro atoms. The molecule has 0 amide bonds. The van der Waals surface area contributed by atoms with Crippen molar-refractivity contribution in [3.8, 4) is 0 Å². The zero-order chi connectivity index (χ0) is 14.0. The highest BCUT2D eigenvalue weighted by atomic mass is 16.5. The molecule has 0 aliphatic heterocycles. The lowest BCUT2D eigenvalue weighted by atomic mass is 9.82. The van der Waals surface area contributed by atoms with E-state index in [9.17, 15) is 0 Å². The van der Waals surface area contributed by atoms with Crippen molar-refractivity contribution < 1.29 is 4.52 Å². The van der Waals surface area contributed by atoms with E-state index in [2.05, 4.69) is 29.2 Å². The number of aromatic nitrogens is 2. The smallest absolute Gasteiger partial charge is 0.233 e. The molecule has 1 fully saturated rings. The summed E-state index contributed by atoms with van der Waals surface area (Å²) in [6.45, 7) is 2.08. The van der Waals surface area contributed by atoms with Gasteiger partial charge in [0.05, 0.1) is 11.5 Å². The first-order valence-electron chi connectivity index (χ1n) is 7.37. The summed E-state index contributed by atoms with van der Waals surface area (Å²) < 4.78 is 5.46. The molecule has 0 bridgehead atoms. The van der Waals surface area contributed by atoms with Gasteiger partial charge in [-0.1, -0.05) is 54.8 Å². The molecule has 1 atom stereocenters. The molecule has 1 aromatic carbocycles. The van der Waals surface area contributed by atoms with Crippen LogP contribution in [-0.2, 0) is 5.54 Å². The van der Waals surface area contributed by atoms with Crippen molar-refractivity contribution in [2.45, 2.75) is 50.5 Å². The standard InChI is InChI=1S/C16H21N3O/c1-12(13-8-4-2-5-9-13)14-18-15(19-20-14)16(17)10-6-3-7-11-16/h2,4-5,8-9,12H,3,6-7,10-11,17H2,1H3. The lowest BCUT2D eigenvalue weighted by molar-refractivity contribution is 0.272. The number of nitrogens with two attached hydrogens (primary N) is 1. The average molecular weight is 271 g/mol. The average Bonchev–Trinajstić information content (AvgIpc) is 2.99. The maximum Gasteiger partial charge on any atom is 0.233 e. The molecule has 20 heavy (non-hydrogen) atoms. The summed E-state index contributed by atoms with van der Waals surface area (Å²) in [4.78, 5) is 4.58. The predicted octanol–water partition coefficient (Wildman–Crippen LogP) is 3.34. The van der Waals surface area contributed by atoms with Gasteiger partial charge >= 0.3 is 0 Å². The number of benzene rings is 1. The minimum Gasteiger partial charge on any atom is -0.339 e. The summed E-state index contributed by atoms with van der Waals surface area (Å²) >= 11 is 0. The van der Waals surface area contributed by atoms with E-state index in [-0.39, 0.29) is 5.92 Å². The van der Waals surface area contributed by atoms with E-state index in [1.54, 1.807) is 0 Å². The van der Waals surface area contributed by atoms with Gasteiger partial charge in [-0.3, -0.25) is 0 Å². The Labute approximate surface area is 119 Å². The predicted molar refractivity (Wildman–Crippen MR) is 77.2 cm³/mol. The van der Waals surface area contributed by atoms with Gasteiger partial charge in [0.1, 0.15) is 0 Å². The molecule has 4 nitrogen and oxygen atoms in total. The zero-order valence-electron chi connectivity index (χ0n) is 11.9. The molecule has 1 aromatic heterocycles. The van der Waals surface area contributed by atoms with E-state index >= 15 is 0 Å². The van der Waals surface area contributed by atoms with E-state index in [4.69, 9.17) is 10.3 Å². The molecule has 1 unspecified atom stereocenters. The van der Waals surface area contributed by atoms with Crippen LogP contribution < -0.4 is 5.73 Å². The Kier molecular flexibility index (Phi) is 3.57. The summed E-state index contributed by atoms with van der Waals surface area (Å²) in [5.41, 5.74) is 7.23. The van der Waals surface area contributed by atoms with Gasteiger partial charge in [-0.05, 0) is 25.3 Å². The lowest BCUT2D eigenvalue weighted by Gasteiger charge is -2.29. The highest BCUT2D eigenvalue weighted by Crippen LogP contribution is 2.34. The first kappa shape index (κ1) is 13.3. The molecule has 1 aliphatic carbocycles. The Hall–Kier alpha value is -1.68. The molecule has 1 heterocycles. The minimum absolute atomic E-state index is 0.102. The van der Waals surface area contributed by atoms with Crippen LogP contribution in [0.15, 0.2) is 34.9 Å². The molecular weight excluding hydrogens is 250 g/mol. The Morgan fingerprint density at radius 1 is 1.15 bits per heavy atom. The van der Waals surface area contributed by atoms with Crippen LogP contribution in [0.1, 0.15) is 62.2 Å². The monoisotopic (exact) mass is 271 g/mol. The number of hydrogen-bond donors (Lipinski definition) is 1. The first-order chi connectivity index (χ1) is 9.69. The van der Waals surface area contributed by atoms with E-state index in [1.807, 2.05) is 18.2 Å². The zero-order valence-corrected chi connectivity index (χ0v) is 11.9. The van der Waals surface area contributed by atoms with Gasteiger partial charge < -0.3 is 10.3 Å². The molecule has 1 saturated carbocycles. The maximum atomic E-state index is 6.45. The SMILES string of the molecule is CC(c1ccccc1)c1nc(C2(N)CCCCC2)no1. The van der Waals surface area contributed by atoms with E-state index < -0.39 is 5.54 Å². The molecule has 4 heteroatoms. The molecule has 2 N–H and O–H groups in total. The maximum absolute atomic E-state index is 6.45. The van der Waals surface area contributed by atoms with Gasteiger partial charge in [0, 0.05) is 0 Å². The Morgan fingerprint density at radius 2 is 1.85 bits per heavy atom. The Balaban J connectivity index is 1.83. The van der Waals surface area contributed by atoms with Gasteiger partial charge in [-0.25, -0.2) is 0 Å². The largest absolute Gasteiger partial charge is 0.339 e. The van der Waals surface area contributed by atoms with E-state index in [0.717, 1.165) is 25.7 Å². The molecule has 2 aromatic rings. The fourth-order valence-corrected chi connectivity index (χ4v) is 2.90. The third kappa shape index (κ3) is 2.48. The van der Waals surface area contributed by atoms with Gasteiger partial charge in [0.2, 0.25) is 5.89 Å². The molecule has 106 valence electrons. The molecule has 1 aliphatic rings. The summed E-state index contributed by atoms with van der Waals surface area (Å²) in [6, 6.07) is 10.2. The van der Waals surface area contributed by atoms with Crippen LogP contribution in [-0.4, -0.2) is 10.1 Å². The second kappa shape index (κ2) is 5.37. The molecule has 0 saturated heterocycles. The van der Waals surface area contributed by atoms with Crippen molar-refractivity contribution in [2.24, 2.45) is 5.73 Å². The second-order valence-electron chi connectivity index (χ2n) is 5.81. The highest BCUT2D eigenvalue weighted by molar-refractivity contribution is 5.23. The number of hydrogen-bond acceptors (Lipinski definition) is 4. The fourth-order valence-electron chi connectivity index (χ4n) is 2.90. The van der Waals surface area contributed by atoms with Crippen molar-refractivity contribution in [3.05, 3.63) is 47.6 Å². The van der Waals surface area contributed by atoms with Gasteiger partial charge in [-0.2, -0.15) is 4.98 Å². The lowest BCUT2D eigenvalue weighted by Crippen LogP contribution is -2.39. The van der Waals surface area contributed by atoms with Gasteiger partial charge in [0.15, 0.2) is 5.82 Å². The van der Waals surface area contributed by atoms with Crippen molar-refractivity contribution in [3.63, 3.8) is 0 Å². The topological polar surface area (TPSA) is 64.9 Å². The summed E-state index contributed by atoms with van der Waals surface area (Å²) in [7, 11) is 0. The normalized spacial score (nSPS) is 19.7. The summed E-state index contributed by atoms with van der Waals surface area (Å²) in [5.74, 6) is 1.43. The quantitative estimate of drug-likeness (QED) is 0.929. The van der Waals surface area contributed by atoms with Crippen LogP contribution in [0.25, 0.3) is 0 Å². The third-order valence-electron chi connectivity index (χ3n) is 4.30. The van der Waals surface area contributed by atoms with Crippen molar-refractivity contribution in [2.75, 3.05) is 0 Å². The molecule has 3 rings (SSSR count). The number of nitrogens with zero attached hydrogens (tertiary/aromatic N) is 2. The highest BCUT2D eigenvalue weighted by Gasteiger charge is 2.34. The minimum atomic E-state index is -0.392. The summed E-state index contributed by atoms with van der Waals surface area (Å²) in [5, 5.41) is 4.15. The van der Waals surface area contributed by atoms with Crippen molar-refractivity contribution >= 4 is 0 Å². The Bertz CT molecular complexity index is 558. The molecular formula is C16H21N3O. The van der Waals surface area contributed by atoms with Crippen molar-refractivity contribution in [1.29, 1.82) is 0 Å². The molecule has 0 radical (unpaired) electrons. The first-order valence-corrected chi connectivity index (χ1v) is 7.37. The van der Waals surface area contributed by atoms with Crippen LogP contribution in [0.2, 0.25) is 0 Å². The fraction of sp³-hybridized carbons (Fsp3) is 0.500. The number of rotatable bonds is 3. The van der Waals surface area contributed by atoms with Gasteiger partial charge in [0.25, 0.3) is 0 Å². The van der Waals surface area contributed by atoms with Crippen LogP contribution in [0, 0.1) is 0 Å². The van der Waals surface area contributed by atoms with Crippen LogP contribution in [0.3, 0.4) is 0 Å². The van der Waals surface area contributed by atoms with Crippen molar-refractivity contribution in [1.82, 2.24) is 10.1 Å². The third-order valence-corrected chi connectivity index (χ3v) is 4.30. The van der Waals surface area contributed by atoms with Crippen LogP contribution in [0.5, 0.6) is 0 Å².